The molecule has 5 atom stereocenters. The number of hydrogen-bond donors (Lipinski definition) is 5. The largest absolute Gasteiger partial charge is 0.481 e. The van der Waals surface area contributed by atoms with Crippen molar-refractivity contribution in [2.24, 2.45) is 11.7 Å². The van der Waals surface area contributed by atoms with Gasteiger partial charge in [0.1, 0.15) is 24.1 Å². The molecule has 1 fully saturated rings. The molecule has 188 valence electrons. The molecule has 1 aliphatic rings. The van der Waals surface area contributed by atoms with E-state index in [2.05, 4.69) is 26.8 Å². The highest BCUT2D eigenvalue weighted by molar-refractivity contribution is 5.93. The number of carbonyl (C=O) groups excluding carboxylic acids is 1. The number of hydrogen-bond acceptors (Lipinski definition) is 9. The van der Waals surface area contributed by atoms with E-state index in [4.69, 9.17) is 21.3 Å². The number of primary amides is 1. The van der Waals surface area contributed by atoms with Gasteiger partial charge in [0.25, 0.3) is 0 Å². The number of amides is 1. The maximum absolute atomic E-state index is 11.5. The summed E-state index contributed by atoms with van der Waals surface area (Å²) in [5.74, 6) is 4.43. The summed E-state index contributed by atoms with van der Waals surface area (Å²) in [5, 5.41) is 30.5. The van der Waals surface area contributed by atoms with Crippen LogP contribution in [0.1, 0.15) is 47.8 Å². The van der Waals surface area contributed by atoms with Crippen molar-refractivity contribution in [3.05, 3.63) is 48.0 Å². The van der Waals surface area contributed by atoms with Crippen molar-refractivity contribution in [2.45, 2.75) is 50.2 Å². The third kappa shape index (κ3) is 5.44. The number of aliphatic hydroxyl groups excluding tert-OH is 2. The van der Waals surface area contributed by atoms with Gasteiger partial charge >= 0.3 is 5.97 Å². The Morgan fingerprint density at radius 1 is 1.19 bits per heavy atom. The molecule has 12 nitrogen and oxygen atoms in total. The zero-order valence-electron chi connectivity index (χ0n) is 19.2. The van der Waals surface area contributed by atoms with Gasteiger partial charge in [-0.2, -0.15) is 0 Å². The molecule has 1 aromatic carbocycles. The van der Waals surface area contributed by atoms with Gasteiger partial charge in [-0.15, -0.1) is 0 Å². The molecule has 1 amide bonds. The molecule has 0 spiro atoms. The fourth-order valence-corrected chi connectivity index (χ4v) is 4.17. The standard InChI is InChI=1S/C24H26N6O6/c25-21-18-23(28-11-27-21)30(12-29-18)24-20(34)19(33)16(36-24)10-14(4-2-6-17(31)32)8-7-13-3-1-5-15(9-13)22(26)35/h1,3,5,9,11-12,14,16,19-20,24,33-34H,2,4,6,10H2,(H2,26,35)(H,31,32)(H2,25,27,28)/t14-,16-,19-,20-,24-/m1/s1. The van der Waals surface area contributed by atoms with Crippen molar-refractivity contribution in [1.82, 2.24) is 19.5 Å². The van der Waals surface area contributed by atoms with Gasteiger partial charge in [-0.05, 0) is 37.5 Å². The van der Waals surface area contributed by atoms with E-state index >= 15 is 0 Å². The Morgan fingerprint density at radius 3 is 2.75 bits per heavy atom. The fourth-order valence-electron chi connectivity index (χ4n) is 4.17. The van der Waals surface area contributed by atoms with Gasteiger partial charge in [0, 0.05) is 23.5 Å². The predicted octanol–water partition coefficient (Wildman–Crippen LogP) is 0.439. The van der Waals surface area contributed by atoms with Gasteiger partial charge in [0.05, 0.1) is 12.4 Å². The zero-order chi connectivity index (χ0) is 25.8. The van der Waals surface area contributed by atoms with Crippen LogP contribution >= 0.6 is 0 Å². The average molecular weight is 495 g/mol. The predicted molar refractivity (Wildman–Crippen MR) is 127 cm³/mol. The highest BCUT2D eigenvalue weighted by atomic mass is 16.6. The van der Waals surface area contributed by atoms with E-state index in [-0.39, 0.29) is 24.6 Å². The van der Waals surface area contributed by atoms with Gasteiger partial charge in [0.15, 0.2) is 17.7 Å². The monoisotopic (exact) mass is 494 g/mol. The molecular weight excluding hydrogens is 468 g/mol. The first-order valence-corrected chi connectivity index (χ1v) is 11.3. The minimum atomic E-state index is -1.27. The summed E-state index contributed by atoms with van der Waals surface area (Å²) in [6, 6.07) is 6.55. The minimum absolute atomic E-state index is 0.0309. The number of aliphatic carboxylic acids is 1. The Bertz CT molecular complexity index is 1330. The van der Waals surface area contributed by atoms with Gasteiger partial charge in [-0.3, -0.25) is 14.2 Å². The number of aliphatic hydroxyl groups is 2. The summed E-state index contributed by atoms with van der Waals surface area (Å²) in [6.07, 6.45) is -0.574. The van der Waals surface area contributed by atoms with Crippen LogP contribution in [0.15, 0.2) is 36.9 Å². The van der Waals surface area contributed by atoms with Gasteiger partial charge in [-0.25, -0.2) is 15.0 Å². The number of anilines is 1. The molecule has 36 heavy (non-hydrogen) atoms. The summed E-state index contributed by atoms with van der Waals surface area (Å²) < 4.78 is 7.50. The highest BCUT2D eigenvalue weighted by Gasteiger charge is 2.44. The second-order valence-corrected chi connectivity index (χ2v) is 8.56. The van der Waals surface area contributed by atoms with E-state index in [1.165, 1.54) is 17.2 Å². The van der Waals surface area contributed by atoms with Gasteiger partial charge < -0.3 is 31.5 Å². The summed E-state index contributed by atoms with van der Waals surface area (Å²) in [4.78, 5) is 34.7. The number of carboxylic acid groups (broad SMARTS) is 1. The first-order valence-electron chi connectivity index (χ1n) is 11.3. The molecule has 1 aliphatic heterocycles. The number of imidazole rings is 1. The smallest absolute Gasteiger partial charge is 0.303 e. The molecule has 0 bridgehead atoms. The van der Waals surface area contributed by atoms with Crippen LogP contribution < -0.4 is 11.5 Å². The maximum Gasteiger partial charge on any atom is 0.303 e. The molecule has 0 saturated carbocycles. The Hall–Kier alpha value is -4.05. The zero-order valence-corrected chi connectivity index (χ0v) is 19.2. The molecule has 7 N–H and O–H groups in total. The lowest BCUT2D eigenvalue weighted by Crippen LogP contribution is -2.32. The molecule has 3 heterocycles. The quantitative estimate of drug-likeness (QED) is 0.274. The first-order chi connectivity index (χ1) is 17.2. The maximum atomic E-state index is 11.5. The molecule has 0 radical (unpaired) electrons. The van der Waals surface area contributed by atoms with Gasteiger partial charge in [-0.1, -0.05) is 17.9 Å². The van der Waals surface area contributed by atoms with E-state index in [1.54, 1.807) is 24.3 Å². The Balaban J connectivity index is 1.54. The van der Waals surface area contributed by atoms with E-state index in [1.807, 2.05) is 0 Å². The normalized spacial score (nSPS) is 22.2. The molecule has 0 unspecified atom stereocenters. The number of ether oxygens (including phenoxy) is 1. The minimum Gasteiger partial charge on any atom is -0.481 e. The van der Waals surface area contributed by atoms with Crippen molar-refractivity contribution < 1.29 is 29.6 Å². The molecule has 3 aromatic rings. The second kappa shape index (κ2) is 10.7. The number of fused-ring (bicyclic) bond motifs is 1. The Kier molecular flexibility index (Phi) is 7.44. The van der Waals surface area contributed by atoms with Crippen molar-refractivity contribution in [1.29, 1.82) is 0 Å². The van der Waals surface area contributed by atoms with Crippen LogP contribution in [-0.2, 0) is 9.53 Å². The van der Waals surface area contributed by atoms with Crippen molar-refractivity contribution in [2.75, 3.05) is 5.73 Å². The second-order valence-electron chi connectivity index (χ2n) is 8.56. The lowest BCUT2D eigenvalue weighted by molar-refractivity contribution is -0.137. The lowest BCUT2D eigenvalue weighted by atomic mass is 9.93. The number of benzene rings is 1. The summed E-state index contributed by atoms with van der Waals surface area (Å²) >= 11 is 0. The van der Waals surface area contributed by atoms with Crippen LogP contribution in [0.25, 0.3) is 11.2 Å². The van der Waals surface area contributed by atoms with Gasteiger partial charge in [0.2, 0.25) is 5.91 Å². The molecule has 2 aromatic heterocycles. The van der Waals surface area contributed by atoms with E-state index in [0.29, 0.717) is 35.1 Å². The van der Waals surface area contributed by atoms with E-state index in [9.17, 15) is 19.8 Å². The van der Waals surface area contributed by atoms with Crippen LogP contribution in [0.4, 0.5) is 5.82 Å². The highest BCUT2D eigenvalue weighted by Crippen LogP contribution is 2.35. The van der Waals surface area contributed by atoms with Crippen molar-refractivity contribution >= 4 is 28.9 Å². The molecule has 1 saturated heterocycles. The van der Waals surface area contributed by atoms with Crippen LogP contribution in [-0.4, -0.2) is 65.0 Å². The average Bonchev–Trinajstić information content (AvgIpc) is 3.39. The Labute approximate surface area is 205 Å². The molecule has 4 rings (SSSR count). The van der Waals surface area contributed by atoms with E-state index < -0.39 is 36.4 Å². The number of nitrogen functional groups attached to an aromatic ring is 1. The third-order valence-electron chi connectivity index (χ3n) is 6.03. The topological polar surface area (TPSA) is 200 Å². The Morgan fingerprint density at radius 2 is 2.00 bits per heavy atom. The van der Waals surface area contributed by atoms with Crippen LogP contribution in [0.5, 0.6) is 0 Å². The molecule has 0 aliphatic carbocycles. The first kappa shape index (κ1) is 25.1. The fraction of sp³-hybridized carbons (Fsp3) is 0.375. The van der Waals surface area contributed by atoms with Crippen molar-refractivity contribution in [3.8, 4) is 11.8 Å². The molecular formula is C24H26N6O6. The van der Waals surface area contributed by atoms with E-state index in [0.717, 1.165) is 0 Å². The number of rotatable bonds is 8. The number of carbonyl (C=O) groups is 2. The molecule has 12 heteroatoms. The third-order valence-corrected chi connectivity index (χ3v) is 6.03. The summed E-state index contributed by atoms with van der Waals surface area (Å²) in [6.45, 7) is 0. The number of carboxylic acids is 1. The summed E-state index contributed by atoms with van der Waals surface area (Å²) in [5.41, 5.74) is 12.8. The van der Waals surface area contributed by atoms with Crippen molar-refractivity contribution in [3.63, 3.8) is 0 Å². The number of nitrogens with zero attached hydrogens (tertiary/aromatic N) is 4. The number of aromatic nitrogens is 4. The number of nitrogens with two attached hydrogens (primary N) is 2. The summed E-state index contributed by atoms with van der Waals surface area (Å²) in [7, 11) is 0. The SMILES string of the molecule is NC(=O)c1cccc(C#C[C@@H](CCCC(=O)O)C[C@H]2O[C@@H](n3cnc4c(N)ncnc43)[C@H](O)[C@@H]2O)c1. The van der Waals surface area contributed by atoms with Crippen LogP contribution in [0, 0.1) is 17.8 Å². The van der Waals surface area contributed by atoms with Crippen LogP contribution in [0.2, 0.25) is 0 Å². The van der Waals surface area contributed by atoms with Crippen LogP contribution in [0.3, 0.4) is 0 Å². The lowest BCUT2D eigenvalue weighted by Gasteiger charge is -2.19.